The second-order valence-electron chi connectivity index (χ2n) is 7.35. The molecular weight excluding hydrogens is 419 g/mol. The molecule has 0 atom stereocenters. The summed E-state index contributed by atoms with van der Waals surface area (Å²) in [6, 6.07) is 13.9. The molecule has 1 amide bonds. The lowest BCUT2D eigenvalue weighted by Crippen LogP contribution is -2.15. The molecule has 2 heterocycles. The number of anilines is 1. The Morgan fingerprint density at radius 1 is 1.23 bits per heavy atom. The zero-order valence-electron chi connectivity index (χ0n) is 16.9. The fraction of sp³-hybridized carbons (Fsp3) is 0.174. The van der Waals surface area contributed by atoms with Crippen molar-refractivity contribution < 1.29 is 13.9 Å². The molecule has 4 rings (SSSR count). The molecule has 0 saturated heterocycles. The third-order valence-corrected chi connectivity index (χ3v) is 5.09. The predicted molar refractivity (Wildman–Crippen MR) is 118 cm³/mol. The molecule has 0 aliphatic rings. The summed E-state index contributed by atoms with van der Waals surface area (Å²) >= 11 is 6.14. The molecule has 0 saturated carbocycles. The number of H-pyrrole nitrogens is 1. The molecule has 158 valence electrons. The molecule has 0 fully saturated rings. The number of nitrogens with one attached hydrogen (secondary N) is 2. The number of fused-ring (bicyclic) bond motifs is 1. The SMILES string of the molecule is CC(C)c1n[nH]c2ncc(NC(=O)c3c(Cl)ccc(OCc4ccccc4)c3F)cc12. The van der Waals surface area contributed by atoms with Gasteiger partial charge in [-0.2, -0.15) is 5.10 Å². The van der Waals surface area contributed by atoms with E-state index in [1.807, 2.05) is 44.2 Å². The Bertz CT molecular complexity index is 1240. The zero-order valence-corrected chi connectivity index (χ0v) is 17.7. The number of pyridine rings is 1. The van der Waals surface area contributed by atoms with E-state index in [9.17, 15) is 4.79 Å². The molecule has 0 spiro atoms. The molecule has 0 aliphatic carbocycles. The number of aromatic amines is 1. The van der Waals surface area contributed by atoms with E-state index in [0.717, 1.165) is 16.6 Å². The van der Waals surface area contributed by atoms with Gasteiger partial charge in [0, 0.05) is 5.39 Å². The van der Waals surface area contributed by atoms with Crippen LogP contribution in [0, 0.1) is 5.82 Å². The molecule has 6 nitrogen and oxygen atoms in total. The first kappa shape index (κ1) is 20.8. The van der Waals surface area contributed by atoms with Crippen molar-refractivity contribution in [3.8, 4) is 5.75 Å². The number of benzene rings is 2. The third-order valence-electron chi connectivity index (χ3n) is 4.77. The van der Waals surface area contributed by atoms with E-state index in [0.29, 0.717) is 11.3 Å². The number of hydrogen-bond donors (Lipinski definition) is 2. The van der Waals surface area contributed by atoms with Gasteiger partial charge in [-0.1, -0.05) is 55.8 Å². The van der Waals surface area contributed by atoms with Crippen LogP contribution >= 0.6 is 11.6 Å². The standard InChI is InChI=1S/C23H20ClFN4O2/c1-13(2)21-16-10-15(11-26-22(16)29-28-21)27-23(30)19-17(24)8-9-18(20(19)25)31-12-14-6-4-3-5-7-14/h3-11,13H,12H2,1-2H3,(H,27,30)(H,26,28,29). The van der Waals surface area contributed by atoms with E-state index in [1.165, 1.54) is 18.3 Å². The van der Waals surface area contributed by atoms with E-state index in [1.54, 1.807) is 6.07 Å². The van der Waals surface area contributed by atoms with Gasteiger partial charge in [-0.05, 0) is 29.7 Å². The first-order valence-corrected chi connectivity index (χ1v) is 10.1. The number of carbonyl (C=O) groups is 1. The van der Waals surface area contributed by atoms with E-state index in [4.69, 9.17) is 16.3 Å². The second kappa shape index (κ2) is 8.73. The molecule has 0 aliphatic heterocycles. The van der Waals surface area contributed by atoms with Crippen LogP contribution in [-0.4, -0.2) is 21.1 Å². The summed E-state index contributed by atoms with van der Waals surface area (Å²) in [5.74, 6) is -1.39. The van der Waals surface area contributed by atoms with E-state index >= 15 is 4.39 Å². The van der Waals surface area contributed by atoms with Crippen molar-refractivity contribution in [2.45, 2.75) is 26.4 Å². The summed E-state index contributed by atoms with van der Waals surface area (Å²) in [6.07, 6.45) is 1.48. The highest BCUT2D eigenvalue weighted by atomic mass is 35.5. The molecule has 0 unspecified atom stereocenters. The van der Waals surface area contributed by atoms with Gasteiger partial charge in [0.1, 0.15) is 6.61 Å². The maximum Gasteiger partial charge on any atom is 0.260 e. The minimum absolute atomic E-state index is 0.0118. The molecule has 8 heteroatoms. The van der Waals surface area contributed by atoms with E-state index < -0.39 is 11.7 Å². The number of nitrogens with zero attached hydrogens (tertiary/aromatic N) is 2. The number of ether oxygens (including phenoxy) is 1. The minimum atomic E-state index is -0.818. The van der Waals surface area contributed by atoms with Crippen LogP contribution in [0.25, 0.3) is 11.0 Å². The lowest BCUT2D eigenvalue weighted by molar-refractivity contribution is 0.102. The van der Waals surface area contributed by atoms with Gasteiger partial charge in [-0.3, -0.25) is 9.89 Å². The average Bonchev–Trinajstić information content (AvgIpc) is 3.17. The van der Waals surface area contributed by atoms with Crippen LogP contribution in [-0.2, 0) is 6.61 Å². The summed E-state index contributed by atoms with van der Waals surface area (Å²) in [5, 5.41) is 10.6. The van der Waals surface area contributed by atoms with Gasteiger partial charge in [0.2, 0.25) is 0 Å². The van der Waals surface area contributed by atoms with Crippen LogP contribution in [0.4, 0.5) is 10.1 Å². The topological polar surface area (TPSA) is 79.9 Å². The molecule has 0 bridgehead atoms. The van der Waals surface area contributed by atoms with Crippen LogP contribution in [0.1, 0.15) is 41.4 Å². The first-order chi connectivity index (χ1) is 14.9. The maximum absolute atomic E-state index is 15.1. The van der Waals surface area contributed by atoms with E-state index in [2.05, 4.69) is 20.5 Å². The molecule has 2 aromatic carbocycles. The second-order valence-corrected chi connectivity index (χ2v) is 7.75. The average molecular weight is 439 g/mol. The summed E-state index contributed by atoms with van der Waals surface area (Å²) in [4.78, 5) is 17.1. The fourth-order valence-corrected chi connectivity index (χ4v) is 3.44. The van der Waals surface area contributed by atoms with Crippen molar-refractivity contribution in [1.82, 2.24) is 15.2 Å². The van der Waals surface area contributed by atoms with Gasteiger partial charge in [0.05, 0.1) is 28.2 Å². The molecule has 2 N–H and O–H groups in total. The Kier molecular flexibility index (Phi) is 5.86. The van der Waals surface area contributed by atoms with Crippen LogP contribution in [0.15, 0.2) is 54.7 Å². The Morgan fingerprint density at radius 2 is 2.00 bits per heavy atom. The quantitative estimate of drug-likeness (QED) is 0.404. The van der Waals surface area contributed by atoms with Crippen molar-refractivity contribution >= 4 is 34.2 Å². The Labute approximate surface area is 183 Å². The summed E-state index contributed by atoms with van der Waals surface area (Å²) in [5.41, 5.74) is 2.44. The summed E-state index contributed by atoms with van der Waals surface area (Å²) in [7, 11) is 0. The number of rotatable bonds is 6. The van der Waals surface area contributed by atoms with Crippen LogP contribution in [0.2, 0.25) is 5.02 Å². The van der Waals surface area contributed by atoms with Gasteiger partial charge in [0.15, 0.2) is 17.2 Å². The maximum atomic E-state index is 15.1. The third kappa shape index (κ3) is 4.36. The van der Waals surface area contributed by atoms with Crippen LogP contribution in [0.5, 0.6) is 5.75 Å². The predicted octanol–water partition coefficient (Wildman–Crippen LogP) is 5.71. The van der Waals surface area contributed by atoms with Gasteiger partial charge in [0.25, 0.3) is 5.91 Å². The highest BCUT2D eigenvalue weighted by molar-refractivity contribution is 6.34. The largest absolute Gasteiger partial charge is 0.486 e. The van der Waals surface area contributed by atoms with Crippen molar-refractivity contribution in [2.24, 2.45) is 0 Å². The Balaban J connectivity index is 1.58. The Morgan fingerprint density at radius 3 is 2.74 bits per heavy atom. The number of carbonyl (C=O) groups excluding carboxylic acids is 1. The number of hydrogen-bond acceptors (Lipinski definition) is 4. The highest BCUT2D eigenvalue weighted by Crippen LogP contribution is 2.29. The van der Waals surface area contributed by atoms with Crippen molar-refractivity contribution in [3.63, 3.8) is 0 Å². The van der Waals surface area contributed by atoms with Gasteiger partial charge < -0.3 is 10.1 Å². The zero-order chi connectivity index (χ0) is 22.0. The summed E-state index contributed by atoms with van der Waals surface area (Å²) in [6.45, 7) is 4.19. The highest BCUT2D eigenvalue weighted by Gasteiger charge is 2.21. The van der Waals surface area contributed by atoms with Crippen molar-refractivity contribution in [1.29, 1.82) is 0 Å². The summed E-state index contributed by atoms with van der Waals surface area (Å²) < 4.78 is 20.6. The lowest BCUT2D eigenvalue weighted by Gasteiger charge is -2.12. The first-order valence-electron chi connectivity index (χ1n) is 9.74. The number of amides is 1. The van der Waals surface area contributed by atoms with Crippen LogP contribution < -0.4 is 10.1 Å². The normalized spacial score (nSPS) is 11.1. The monoisotopic (exact) mass is 438 g/mol. The fourth-order valence-electron chi connectivity index (χ4n) is 3.21. The Hall–Kier alpha value is -3.45. The van der Waals surface area contributed by atoms with Gasteiger partial charge >= 0.3 is 0 Å². The molecular formula is C23H20ClFN4O2. The molecule has 0 radical (unpaired) electrons. The molecule has 31 heavy (non-hydrogen) atoms. The van der Waals surface area contributed by atoms with Crippen molar-refractivity contribution in [3.05, 3.63) is 82.4 Å². The van der Waals surface area contributed by atoms with Crippen molar-refractivity contribution in [2.75, 3.05) is 5.32 Å². The molecule has 2 aromatic heterocycles. The van der Waals surface area contributed by atoms with E-state index in [-0.39, 0.29) is 28.9 Å². The van der Waals surface area contributed by atoms with Gasteiger partial charge in [-0.15, -0.1) is 0 Å². The van der Waals surface area contributed by atoms with Crippen LogP contribution in [0.3, 0.4) is 0 Å². The smallest absolute Gasteiger partial charge is 0.260 e. The van der Waals surface area contributed by atoms with Gasteiger partial charge in [-0.25, -0.2) is 9.37 Å². The number of aromatic nitrogens is 3. The lowest BCUT2D eigenvalue weighted by atomic mass is 10.1. The minimum Gasteiger partial charge on any atom is -0.486 e. The molecule has 4 aromatic rings. The number of halogens is 2.